The first-order chi connectivity index (χ1) is 13.0. The number of rotatable bonds is 6. The fourth-order valence-electron chi connectivity index (χ4n) is 4.17. The molecule has 2 atom stereocenters. The largest absolute Gasteiger partial charge is 0.496 e. The van der Waals surface area contributed by atoms with Gasteiger partial charge in [-0.25, -0.2) is 0 Å². The number of carbonyl (C=O) groups excluding carboxylic acids is 1. The van der Waals surface area contributed by atoms with Crippen molar-refractivity contribution < 1.29 is 14.3 Å². The smallest absolute Gasteiger partial charge is 0.255 e. The Morgan fingerprint density at radius 3 is 2.74 bits per heavy atom. The normalized spacial score (nSPS) is 24.3. The molecule has 150 valence electrons. The number of hydrogen-bond acceptors (Lipinski definition) is 5. The molecule has 1 N–H and O–H groups in total. The second-order valence-corrected chi connectivity index (χ2v) is 8.18. The van der Waals surface area contributed by atoms with Crippen LogP contribution >= 0.6 is 11.6 Å². The van der Waals surface area contributed by atoms with Crippen molar-refractivity contribution in [3.05, 3.63) is 28.8 Å². The second-order valence-electron chi connectivity index (χ2n) is 7.74. The monoisotopic (exact) mass is 395 g/mol. The summed E-state index contributed by atoms with van der Waals surface area (Å²) in [6.45, 7) is 4.50. The Kier molecular flexibility index (Phi) is 6.98. The van der Waals surface area contributed by atoms with Crippen molar-refractivity contribution >= 4 is 17.5 Å². The van der Waals surface area contributed by atoms with Gasteiger partial charge in [0.25, 0.3) is 5.91 Å². The molecule has 0 bridgehead atoms. The van der Waals surface area contributed by atoms with E-state index in [0.717, 1.165) is 45.7 Å². The summed E-state index contributed by atoms with van der Waals surface area (Å²) in [7, 11) is 5.72. The summed E-state index contributed by atoms with van der Waals surface area (Å²) >= 11 is 6.02. The zero-order valence-corrected chi connectivity index (χ0v) is 17.2. The minimum absolute atomic E-state index is 0.105. The number of amides is 1. The van der Waals surface area contributed by atoms with Gasteiger partial charge in [0.05, 0.1) is 12.7 Å². The molecule has 0 spiro atoms. The maximum absolute atomic E-state index is 12.9. The number of methoxy groups -OCH3 is 1. The fourth-order valence-corrected chi connectivity index (χ4v) is 4.33. The highest BCUT2D eigenvalue weighted by Crippen LogP contribution is 2.27. The van der Waals surface area contributed by atoms with Gasteiger partial charge in [-0.05, 0) is 45.1 Å². The van der Waals surface area contributed by atoms with E-state index < -0.39 is 0 Å². The van der Waals surface area contributed by atoms with Gasteiger partial charge in [0.2, 0.25) is 0 Å². The summed E-state index contributed by atoms with van der Waals surface area (Å²) < 4.78 is 10.8. The van der Waals surface area contributed by atoms with Gasteiger partial charge in [-0.3, -0.25) is 9.69 Å². The van der Waals surface area contributed by atoms with Crippen LogP contribution in [0.5, 0.6) is 5.75 Å². The van der Waals surface area contributed by atoms with Crippen molar-refractivity contribution in [2.24, 2.45) is 5.92 Å². The lowest BCUT2D eigenvalue weighted by atomic mass is 10.0. The summed E-state index contributed by atoms with van der Waals surface area (Å²) in [5.74, 6) is 0.791. The third-order valence-corrected chi connectivity index (χ3v) is 5.74. The highest BCUT2D eigenvalue weighted by molar-refractivity contribution is 6.30. The van der Waals surface area contributed by atoms with Gasteiger partial charge in [0.15, 0.2) is 0 Å². The molecule has 1 aromatic rings. The first-order valence-electron chi connectivity index (χ1n) is 9.59. The maximum Gasteiger partial charge on any atom is 0.255 e. The first-order valence-corrected chi connectivity index (χ1v) is 9.96. The number of nitrogens with zero attached hydrogens (tertiary/aromatic N) is 2. The van der Waals surface area contributed by atoms with Gasteiger partial charge >= 0.3 is 0 Å². The molecule has 0 saturated carbocycles. The standard InChI is InChI=1S/C20H30ClN3O3/c1-23(2)11-14-12-24(16-6-8-27-9-7-16)13-18(14)22-20(25)17-5-4-15(21)10-19(17)26-3/h4-5,10,14,16,18H,6-9,11-13H2,1-3H3,(H,22,25)/t14-,18-/m1/s1. The number of benzene rings is 1. The van der Waals surface area contributed by atoms with Crippen LogP contribution in [-0.2, 0) is 4.74 Å². The summed E-state index contributed by atoms with van der Waals surface area (Å²) in [5, 5.41) is 3.81. The van der Waals surface area contributed by atoms with E-state index in [1.165, 1.54) is 0 Å². The highest BCUT2D eigenvalue weighted by atomic mass is 35.5. The molecule has 7 heteroatoms. The summed E-state index contributed by atoms with van der Waals surface area (Å²) in [5.41, 5.74) is 0.523. The Hall–Kier alpha value is -1.34. The van der Waals surface area contributed by atoms with E-state index in [2.05, 4.69) is 29.2 Å². The lowest BCUT2D eigenvalue weighted by molar-refractivity contribution is 0.0403. The van der Waals surface area contributed by atoms with Crippen molar-refractivity contribution in [3.8, 4) is 5.75 Å². The van der Waals surface area contributed by atoms with Gasteiger partial charge in [0, 0.05) is 55.9 Å². The summed E-state index contributed by atoms with van der Waals surface area (Å²) in [6.07, 6.45) is 2.14. The maximum atomic E-state index is 12.9. The van der Waals surface area contributed by atoms with Gasteiger partial charge in [-0.2, -0.15) is 0 Å². The molecule has 27 heavy (non-hydrogen) atoms. The quantitative estimate of drug-likeness (QED) is 0.799. The molecule has 2 fully saturated rings. The topological polar surface area (TPSA) is 54.0 Å². The molecule has 2 aliphatic heterocycles. The van der Waals surface area contributed by atoms with Crippen LogP contribution in [-0.4, -0.2) is 81.8 Å². The Morgan fingerprint density at radius 1 is 1.33 bits per heavy atom. The highest BCUT2D eigenvalue weighted by Gasteiger charge is 2.37. The average molecular weight is 396 g/mol. The molecule has 1 amide bonds. The van der Waals surface area contributed by atoms with Crippen molar-refractivity contribution in [2.45, 2.75) is 24.9 Å². The zero-order valence-electron chi connectivity index (χ0n) is 16.4. The third kappa shape index (κ3) is 5.13. The first kappa shape index (κ1) is 20.4. The SMILES string of the molecule is COc1cc(Cl)ccc1C(=O)N[C@@H]1CN(C2CCOCC2)C[C@H]1CN(C)C. The van der Waals surface area contributed by atoms with E-state index in [1.54, 1.807) is 25.3 Å². The Bertz CT molecular complexity index is 649. The van der Waals surface area contributed by atoms with Gasteiger partial charge in [-0.15, -0.1) is 0 Å². The minimum atomic E-state index is -0.105. The van der Waals surface area contributed by atoms with Crippen LogP contribution in [0, 0.1) is 5.92 Å². The van der Waals surface area contributed by atoms with E-state index in [0.29, 0.717) is 28.3 Å². The predicted molar refractivity (Wildman–Crippen MR) is 107 cm³/mol. The lowest BCUT2D eigenvalue weighted by Crippen LogP contribution is -2.44. The molecule has 2 saturated heterocycles. The Morgan fingerprint density at radius 2 is 2.07 bits per heavy atom. The van der Waals surface area contributed by atoms with E-state index in [4.69, 9.17) is 21.1 Å². The van der Waals surface area contributed by atoms with Crippen molar-refractivity contribution in [1.82, 2.24) is 15.1 Å². The van der Waals surface area contributed by atoms with Crippen LogP contribution in [0.2, 0.25) is 5.02 Å². The number of ether oxygens (including phenoxy) is 2. The molecule has 3 rings (SSSR count). The molecule has 1 aromatic carbocycles. The lowest BCUT2D eigenvalue weighted by Gasteiger charge is -2.31. The van der Waals surface area contributed by atoms with Crippen molar-refractivity contribution in [1.29, 1.82) is 0 Å². The molecule has 0 unspecified atom stereocenters. The molecule has 2 aliphatic rings. The predicted octanol–water partition coefficient (Wildman–Crippen LogP) is 2.12. The van der Waals surface area contributed by atoms with E-state index >= 15 is 0 Å². The molecule has 0 aliphatic carbocycles. The van der Waals surface area contributed by atoms with Gasteiger partial charge in [-0.1, -0.05) is 11.6 Å². The average Bonchev–Trinajstić information content (AvgIpc) is 3.04. The Balaban J connectivity index is 1.71. The van der Waals surface area contributed by atoms with Crippen LogP contribution in [0.4, 0.5) is 0 Å². The fraction of sp³-hybridized carbons (Fsp3) is 0.650. The van der Waals surface area contributed by atoms with E-state index in [9.17, 15) is 4.79 Å². The number of likely N-dealkylation sites (tertiary alicyclic amines) is 1. The van der Waals surface area contributed by atoms with Crippen LogP contribution in [0.25, 0.3) is 0 Å². The zero-order chi connectivity index (χ0) is 19.4. The number of hydrogen-bond donors (Lipinski definition) is 1. The number of nitrogens with one attached hydrogen (secondary N) is 1. The molecular weight excluding hydrogens is 366 g/mol. The van der Waals surface area contributed by atoms with Gasteiger partial charge in [0.1, 0.15) is 5.75 Å². The van der Waals surface area contributed by atoms with Crippen LogP contribution in [0.1, 0.15) is 23.2 Å². The van der Waals surface area contributed by atoms with Gasteiger partial charge < -0.3 is 19.7 Å². The van der Waals surface area contributed by atoms with Crippen LogP contribution in [0.3, 0.4) is 0 Å². The van der Waals surface area contributed by atoms with E-state index in [-0.39, 0.29) is 11.9 Å². The van der Waals surface area contributed by atoms with Crippen molar-refractivity contribution in [3.63, 3.8) is 0 Å². The minimum Gasteiger partial charge on any atom is -0.496 e. The summed E-state index contributed by atoms with van der Waals surface area (Å²) in [4.78, 5) is 17.6. The Labute approximate surface area is 166 Å². The number of carbonyl (C=O) groups is 1. The van der Waals surface area contributed by atoms with Crippen LogP contribution in [0.15, 0.2) is 18.2 Å². The third-order valence-electron chi connectivity index (χ3n) is 5.50. The molecule has 0 radical (unpaired) electrons. The van der Waals surface area contributed by atoms with Crippen LogP contribution < -0.4 is 10.1 Å². The number of halogens is 1. The molecule has 0 aromatic heterocycles. The van der Waals surface area contributed by atoms with Crippen molar-refractivity contribution in [2.75, 3.05) is 54.1 Å². The molecule has 2 heterocycles. The molecular formula is C20H30ClN3O3. The molecule has 6 nitrogen and oxygen atoms in total. The van der Waals surface area contributed by atoms with E-state index in [1.807, 2.05) is 0 Å². The second kappa shape index (κ2) is 9.24. The summed E-state index contributed by atoms with van der Waals surface area (Å²) in [6, 6.07) is 5.79.